The second kappa shape index (κ2) is 11.6. The molecular formula is C27H37N5O3. The van der Waals surface area contributed by atoms with E-state index in [1.807, 2.05) is 13.8 Å². The topological polar surface area (TPSA) is 99.6 Å². The second-order valence-corrected chi connectivity index (χ2v) is 9.38. The molecule has 0 spiro atoms. The van der Waals surface area contributed by atoms with Gasteiger partial charge < -0.3 is 30.4 Å². The third kappa shape index (κ3) is 6.00. The Hall–Kier alpha value is -2.97. The molecule has 2 aliphatic heterocycles. The van der Waals surface area contributed by atoms with Gasteiger partial charge in [0.2, 0.25) is 0 Å². The molecule has 0 aliphatic carbocycles. The average molecular weight is 480 g/mol. The van der Waals surface area contributed by atoms with Crippen LogP contribution in [0.3, 0.4) is 0 Å². The minimum atomic E-state index is -0.449. The smallest absolute Gasteiger partial charge is 0.357 e. The Morgan fingerprint density at radius 3 is 2.54 bits per heavy atom. The van der Waals surface area contributed by atoms with Crippen molar-refractivity contribution in [3.8, 4) is 11.1 Å². The molecule has 0 atom stereocenters. The number of ether oxygens (including phenoxy) is 2. The number of anilines is 2. The van der Waals surface area contributed by atoms with Crippen molar-refractivity contribution in [2.75, 3.05) is 56.2 Å². The van der Waals surface area contributed by atoms with Crippen LogP contribution in [0.1, 0.15) is 49.7 Å². The number of pyridine rings is 1. The highest BCUT2D eigenvalue weighted by Crippen LogP contribution is 2.33. The van der Waals surface area contributed by atoms with E-state index in [1.165, 1.54) is 0 Å². The second-order valence-electron chi connectivity index (χ2n) is 9.38. The van der Waals surface area contributed by atoms with E-state index >= 15 is 0 Å². The Kier molecular flexibility index (Phi) is 8.36. The molecule has 35 heavy (non-hydrogen) atoms. The summed E-state index contributed by atoms with van der Waals surface area (Å²) < 4.78 is 10.8. The highest BCUT2D eigenvalue weighted by Gasteiger charge is 2.25. The molecule has 2 aliphatic rings. The maximum atomic E-state index is 12.8. The number of carbonyl (C=O) groups excluding carboxylic acids is 1. The first kappa shape index (κ1) is 25.1. The van der Waals surface area contributed by atoms with Crippen LogP contribution in [-0.4, -0.2) is 68.7 Å². The van der Waals surface area contributed by atoms with E-state index in [9.17, 15) is 4.79 Å². The number of carbonyl (C=O) groups is 1. The zero-order valence-electron chi connectivity index (χ0n) is 21.0. The minimum absolute atomic E-state index is 0.00480. The summed E-state index contributed by atoms with van der Waals surface area (Å²) in [5.74, 6) is 0.147. The number of rotatable bonds is 8. The molecule has 0 radical (unpaired) electrons. The Bertz CT molecular complexity index is 1030. The molecule has 0 saturated carbocycles. The number of nitrogens with one attached hydrogen (secondary N) is 3. The van der Waals surface area contributed by atoms with Crippen molar-refractivity contribution in [2.24, 2.45) is 5.92 Å². The van der Waals surface area contributed by atoms with Gasteiger partial charge >= 0.3 is 5.97 Å². The van der Waals surface area contributed by atoms with Gasteiger partial charge in [0.25, 0.3) is 0 Å². The van der Waals surface area contributed by atoms with Crippen molar-refractivity contribution < 1.29 is 14.3 Å². The number of nitrogens with zero attached hydrogens (tertiary/aromatic N) is 2. The van der Waals surface area contributed by atoms with Crippen molar-refractivity contribution >= 4 is 23.2 Å². The minimum Gasteiger partial charge on any atom is -0.461 e. The van der Waals surface area contributed by atoms with E-state index in [0.29, 0.717) is 11.5 Å². The SMILES string of the molecule is CCOC(=O)c1cc(-c2ccc(N3CCOCC3)cc2)c(C(=N)C(C)C)c(NC2CCNCC2)n1. The summed E-state index contributed by atoms with van der Waals surface area (Å²) in [5, 5.41) is 15.9. The normalized spacial score (nSPS) is 16.9. The monoisotopic (exact) mass is 479 g/mol. The van der Waals surface area contributed by atoms with E-state index in [1.54, 1.807) is 13.0 Å². The van der Waals surface area contributed by atoms with Gasteiger partial charge in [-0.25, -0.2) is 9.78 Å². The first-order valence-corrected chi connectivity index (χ1v) is 12.7. The molecular weight excluding hydrogens is 442 g/mol. The first-order valence-electron chi connectivity index (χ1n) is 12.7. The van der Waals surface area contributed by atoms with E-state index in [2.05, 4.69) is 39.8 Å². The fourth-order valence-corrected chi connectivity index (χ4v) is 4.58. The highest BCUT2D eigenvalue weighted by atomic mass is 16.5. The molecule has 1 aromatic heterocycles. The Morgan fingerprint density at radius 1 is 1.23 bits per heavy atom. The van der Waals surface area contributed by atoms with Crippen LogP contribution in [0, 0.1) is 11.3 Å². The molecule has 188 valence electrons. The van der Waals surface area contributed by atoms with Gasteiger partial charge in [-0.15, -0.1) is 0 Å². The lowest BCUT2D eigenvalue weighted by atomic mass is 9.91. The zero-order valence-corrected chi connectivity index (χ0v) is 21.0. The molecule has 2 aromatic rings. The largest absolute Gasteiger partial charge is 0.461 e. The van der Waals surface area contributed by atoms with Gasteiger partial charge in [0, 0.05) is 36.1 Å². The van der Waals surface area contributed by atoms with Gasteiger partial charge in [-0.1, -0.05) is 26.0 Å². The molecule has 0 unspecified atom stereocenters. The predicted octanol–water partition coefficient (Wildman–Crippen LogP) is 3.95. The highest BCUT2D eigenvalue weighted by molar-refractivity contribution is 6.10. The summed E-state index contributed by atoms with van der Waals surface area (Å²) in [6.45, 7) is 11.2. The van der Waals surface area contributed by atoms with Gasteiger partial charge in [0.1, 0.15) is 5.82 Å². The lowest BCUT2D eigenvalue weighted by molar-refractivity contribution is 0.0519. The lowest BCUT2D eigenvalue weighted by Crippen LogP contribution is -2.36. The number of piperidine rings is 1. The molecule has 2 fully saturated rings. The van der Waals surface area contributed by atoms with Crippen LogP contribution in [0.4, 0.5) is 11.5 Å². The van der Waals surface area contributed by atoms with E-state index < -0.39 is 5.97 Å². The standard InChI is InChI=1S/C27H37N5O3/c1-4-35-27(33)23-17-22(19-5-7-21(8-6-19)32-13-15-34-16-14-32)24(25(28)18(2)3)26(31-23)30-20-9-11-29-12-10-20/h5-8,17-18,20,28-29H,4,9-16H2,1-3H3,(H,30,31). The number of benzene rings is 1. The lowest BCUT2D eigenvalue weighted by Gasteiger charge is -2.29. The van der Waals surface area contributed by atoms with E-state index in [-0.39, 0.29) is 24.3 Å². The summed E-state index contributed by atoms with van der Waals surface area (Å²) in [6, 6.07) is 10.4. The molecule has 0 amide bonds. The summed E-state index contributed by atoms with van der Waals surface area (Å²) in [4.78, 5) is 19.8. The summed E-state index contributed by atoms with van der Waals surface area (Å²) in [6.07, 6.45) is 1.92. The molecule has 2 saturated heterocycles. The first-order chi connectivity index (χ1) is 17.0. The molecule has 3 heterocycles. The number of hydrogen-bond donors (Lipinski definition) is 3. The van der Waals surface area contributed by atoms with Crippen molar-refractivity contribution in [3.63, 3.8) is 0 Å². The van der Waals surface area contributed by atoms with Crippen molar-refractivity contribution in [2.45, 2.75) is 39.7 Å². The summed E-state index contributed by atoms with van der Waals surface area (Å²) >= 11 is 0. The third-order valence-corrected chi connectivity index (χ3v) is 6.59. The van der Waals surface area contributed by atoms with Gasteiger partial charge in [0.15, 0.2) is 5.69 Å². The molecule has 0 bridgehead atoms. The number of hydrogen-bond acceptors (Lipinski definition) is 8. The number of aromatic nitrogens is 1. The third-order valence-electron chi connectivity index (χ3n) is 6.59. The fourth-order valence-electron chi connectivity index (χ4n) is 4.58. The quantitative estimate of drug-likeness (QED) is 0.389. The van der Waals surface area contributed by atoms with Crippen molar-refractivity contribution in [1.29, 1.82) is 5.41 Å². The van der Waals surface area contributed by atoms with Crippen LogP contribution in [-0.2, 0) is 9.47 Å². The molecule has 8 nitrogen and oxygen atoms in total. The van der Waals surface area contributed by atoms with Crippen molar-refractivity contribution in [1.82, 2.24) is 10.3 Å². The number of morpholine rings is 1. The van der Waals surface area contributed by atoms with Gasteiger partial charge in [-0.3, -0.25) is 0 Å². The van der Waals surface area contributed by atoms with Crippen LogP contribution in [0.5, 0.6) is 0 Å². The Balaban J connectivity index is 1.79. The molecule has 3 N–H and O–H groups in total. The van der Waals surface area contributed by atoms with Crippen molar-refractivity contribution in [3.05, 3.63) is 41.6 Å². The van der Waals surface area contributed by atoms with E-state index in [4.69, 9.17) is 19.9 Å². The number of esters is 1. The summed E-state index contributed by atoms with van der Waals surface area (Å²) in [7, 11) is 0. The van der Waals surface area contributed by atoms with Crippen LogP contribution >= 0.6 is 0 Å². The predicted molar refractivity (Wildman–Crippen MR) is 140 cm³/mol. The molecule has 4 rings (SSSR count). The van der Waals surface area contributed by atoms with Gasteiger partial charge in [0.05, 0.1) is 19.8 Å². The van der Waals surface area contributed by atoms with Gasteiger partial charge in [-0.2, -0.15) is 0 Å². The Labute approximate surface area is 207 Å². The molecule has 1 aromatic carbocycles. The van der Waals surface area contributed by atoms with E-state index in [0.717, 1.165) is 74.6 Å². The maximum absolute atomic E-state index is 12.8. The van der Waals surface area contributed by atoms with Crippen LogP contribution < -0.4 is 15.5 Å². The molecule has 8 heteroatoms. The zero-order chi connectivity index (χ0) is 24.8. The van der Waals surface area contributed by atoms with Crippen LogP contribution in [0.25, 0.3) is 11.1 Å². The van der Waals surface area contributed by atoms with Crippen LogP contribution in [0.2, 0.25) is 0 Å². The van der Waals surface area contributed by atoms with Gasteiger partial charge in [-0.05, 0) is 68.1 Å². The maximum Gasteiger partial charge on any atom is 0.357 e. The average Bonchev–Trinajstić information content (AvgIpc) is 2.89. The van der Waals surface area contributed by atoms with Crippen LogP contribution in [0.15, 0.2) is 30.3 Å². The fraction of sp³-hybridized carbons (Fsp3) is 0.519. The summed E-state index contributed by atoms with van der Waals surface area (Å²) in [5.41, 5.74) is 4.43. The Morgan fingerprint density at radius 2 is 1.91 bits per heavy atom.